The van der Waals surface area contributed by atoms with E-state index in [1.165, 1.54) is 83.5 Å². The van der Waals surface area contributed by atoms with Gasteiger partial charge in [0.25, 0.3) is 0 Å². The third-order valence-corrected chi connectivity index (χ3v) is 9.20. The Morgan fingerprint density at radius 2 is 1.37 bits per heavy atom. The van der Waals surface area contributed by atoms with Crippen LogP contribution >= 0.6 is 0 Å². The van der Waals surface area contributed by atoms with Crippen molar-refractivity contribution in [1.29, 1.82) is 0 Å². The quantitative estimate of drug-likeness (QED) is 0.151. The van der Waals surface area contributed by atoms with Crippen LogP contribution in [0.5, 0.6) is 5.75 Å². The molecule has 38 heavy (non-hydrogen) atoms. The Labute approximate surface area is 231 Å². The SMILES string of the molecule is CCCCCCCC[C@H]1CC[C@H]([C@H]2CC[C@H](C(=O)Oc3ccc(-c4ncc(CCC)cn4)cc3)CC2)CC1. The molecule has 2 aliphatic carbocycles. The average molecular weight is 519 g/mol. The van der Waals surface area contributed by atoms with Crippen LogP contribution in [0.4, 0.5) is 0 Å². The second kappa shape index (κ2) is 15.4. The predicted octanol–water partition coefficient (Wildman–Crippen LogP) is 9.36. The Morgan fingerprint density at radius 1 is 0.763 bits per heavy atom. The van der Waals surface area contributed by atoms with E-state index >= 15 is 0 Å². The number of aryl methyl sites for hydroxylation is 1. The number of nitrogens with zero attached hydrogens (tertiary/aromatic N) is 2. The Hall–Kier alpha value is -2.23. The summed E-state index contributed by atoms with van der Waals surface area (Å²) in [5, 5.41) is 0. The van der Waals surface area contributed by atoms with E-state index < -0.39 is 0 Å². The molecule has 1 aromatic carbocycles. The van der Waals surface area contributed by atoms with Crippen LogP contribution in [-0.2, 0) is 11.2 Å². The first-order valence-corrected chi connectivity index (χ1v) is 15.8. The fourth-order valence-corrected chi connectivity index (χ4v) is 6.78. The summed E-state index contributed by atoms with van der Waals surface area (Å²) in [7, 11) is 0. The van der Waals surface area contributed by atoms with Crippen LogP contribution in [0, 0.1) is 23.7 Å². The molecular weight excluding hydrogens is 468 g/mol. The van der Waals surface area contributed by atoms with Crippen molar-refractivity contribution < 1.29 is 9.53 Å². The first kappa shape index (κ1) is 28.8. The molecule has 0 N–H and O–H groups in total. The topological polar surface area (TPSA) is 52.1 Å². The predicted molar refractivity (Wildman–Crippen MR) is 156 cm³/mol. The Balaban J connectivity index is 1.14. The minimum atomic E-state index is -0.0565. The number of benzene rings is 1. The van der Waals surface area contributed by atoms with Gasteiger partial charge in [0.05, 0.1) is 5.92 Å². The van der Waals surface area contributed by atoms with Crippen molar-refractivity contribution in [2.75, 3.05) is 0 Å². The number of unbranched alkanes of at least 4 members (excludes halogenated alkanes) is 5. The van der Waals surface area contributed by atoms with Crippen LogP contribution in [0.1, 0.15) is 122 Å². The van der Waals surface area contributed by atoms with Crippen molar-refractivity contribution in [2.24, 2.45) is 23.7 Å². The molecule has 2 saturated carbocycles. The van der Waals surface area contributed by atoms with E-state index in [0.717, 1.165) is 54.6 Å². The van der Waals surface area contributed by atoms with Crippen LogP contribution < -0.4 is 4.74 Å². The van der Waals surface area contributed by atoms with E-state index in [-0.39, 0.29) is 11.9 Å². The lowest BCUT2D eigenvalue weighted by atomic mass is 9.68. The summed E-state index contributed by atoms with van der Waals surface area (Å²) >= 11 is 0. The van der Waals surface area contributed by atoms with Gasteiger partial charge in [0, 0.05) is 18.0 Å². The Kier molecular flexibility index (Phi) is 11.6. The number of aromatic nitrogens is 2. The number of carbonyl (C=O) groups excluding carboxylic acids is 1. The maximum Gasteiger partial charge on any atom is 0.314 e. The molecule has 4 heteroatoms. The number of hydrogen-bond donors (Lipinski definition) is 0. The monoisotopic (exact) mass is 518 g/mol. The fourth-order valence-electron chi connectivity index (χ4n) is 6.78. The van der Waals surface area contributed by atoms with Gasteiger partial charge in [-0.3, -0.25) is 4.79 Å². The summed E-state index contributed by atoms with van der Waals surface area (Å²) < 4.78 is 5.78. The van der Waals surface area contributed by atoms with Gasteiger partial charge in [-0.1, -0.05) is 78.1 Å². The molecule has 1 aromatic heterocycles. The lowest BCUT2D eigenvalue weighted by molar-refractivity contribution is -0.140. The second-order valence-corrected chi connectivity index (χ2v) is 12.1. The van der Waals surface area contributed by atoms with Gasteiger partial charge in [0.15, 0.2) is 5.82 Å². The molecule has 0 bridgehead atoms. The number of esters is 1. The molecule has 4 rings (SSSR count). The second-order valence-electron chi connectivity index (χ2n) is 12.1. The molecule has 0 atom stereocenters. The molecule has 2 fully saturated rings. The molecule has 0 aliphatic heterocycles. The molecule has 2 aromatic rings. The van der Waals surface area contributed by atoms with Crippen molar-refractivity contribution in [2.45, 2.75) is 123 Å². The van der Waals surface area contributed by atoms with Crippen molar-refractivity contribution >= 4 is 5.97 Å². The van der Waals surface area contributed by atoms with Gasteiger partial charge in [-0.05, 0) is 92.5 Å². The van der Waals surface area contributed by atoms with Gasteiger partial charge in [-0.2, -0.15) is 0 Å². The maximum atomic E-state index is 12.9. The third kappa shape index (κ3) is 8.64. The lowest BCUT2D eigenvalue weighted by Crippen LogP contribution is -2.30. The molecule has 0 spiro atoms. The zero-order valence-corrected chi connectivity index (χ0v) is 24.0. The van der Waals surface area contributed by atoms with Gasteiger partial charge in [-0.25, -0.2) is 9.97 Å². The average Bonchev–Trinajstić information content (AvgIpc) is 2.96. The molecule has 2 aliphatic rings. The van der Waals surface area contributed by atoms with Gasteiger partial charge in [0.2, 0.25) is 0 Å². The number of hydrogen-bond acceptors (Lipinski definition) is 4. The molecule has 0 saturated heterocycles. The highest BCUT2D eigenvalue weighted by molar-refractivity contribution is 5.75. The number of ether oxygens (including phenoxy) is 1. The summed E-state index contributed by atoms with van der Waals surface area (Å²) in [4.78, 5) is 21.9. The minimum Gasteiger partial charge on any atom is -0.426 e. The summed E-state index contributed by atoms with van der Waals surface area (Å²) in [5.74, 6) is 3.99. The Morgan fingerprint density at radius 3 is 2.00 bits per heavy atom. The van der Waals surface area contributed by atoms with E-state index in [2.05, 4.69) is 23.8 Å². The zero-order chi connectivity index (χ0) is 26.6. The number of rotatable bonds is 13. The highest BCUT2D eigenvalue weighted by atomic mass is 16.5. The van der Waals surface area contributed by atoms with E-state index in [0.29, 0.717) is 11.6 Å². The molecule has 0 radical (unpaired) electrons. The molecule has 0 amide bonds. The summed E-state index contributed by atoms with van der Waals surface area (Å²) in [6.45, 7) is 4.45. The maximum absolute atomic E-state index is 12.9. The summed E-state index contributed by atoms with van der Waals surface area (Å²) in [6.07, 6.45) is 25.9. The van der Waals surface area contributed by atoms with Crippen molar-refractivity contribution in [3.05, 3.63) is 42.2 Å². The molecule has 208 valence electrons. The molecule has 1 heterocycles. The highest BCUT2D eigenvalue weighted by Crippen LogP contribution is 2.42. The first-order chi connectivity index (χ1) is 18.7. The van der Waals surface area contributed by atoms with Gasteiger partial charge in [0.1, 0.15) is 5.75 Å². The van der Waals surface area contributed by atoms with E-state index in [1.54, 1.807) is 0 Å². The van der Waals surface area contributed by atoms with Crippen molar-refractivity contribution in [3.8, 4) is 17.1 Å². The molecule has 0 unspecified atom stereocenters. The van der Waals surface area contributed by atoms with Crippen LogP contribution in [0.15, 0.2) is 36.7 Å². The van der Waals surface area contributed by atoms with Crippen LogP contribution in [0.2, 0.25) is 0 Å². The summed E-state index contributed by atoms with van der Waals surface area (Å²) in [6, 6.07) is 7.62. The number of carbonyl (C=O) groups is 1. The highest BCUT2D eigenvalue weighted by Gasteiger charge is 2.33. The zero-order valence-electron chi connectivity index (χ0n) is 24.0. The first-order valence-electron chi connectivity index (χ1n) is 15.8. The molecular formula is C34H50N2O2. The van der Waals surface area contributed by atoms with Crippen LogP contribution in [0.25, 0.3) is 11.4 Å². The minimum absolute atomic E-state index is 0.0458. The van der Waals surface area contributed by atoms with Crippen LogP contribution in [0.3, 0.4) is 0 Å². The molecule has 4 nitrogen and oxygen atoms in total. The lowest BCUT2D eigenvalue weighted by Gasteiger charge is -2.37. The van der Waals surface area contributed by atoms with Gasteiger partial charge >= 0.3 is 5.97 Å². The van der Waals surface area contributed by atoms with Gasteiger partial charge in [-0.15, -0.1) is 0 Å². The largest absolute Gasteiger partial charge is 0.426 e. The van der Waals surface area contributed by atoms with Crippen molar-refractivity contribution in [3.63, 3.8) is 0 Å². The fraction of sp³-hybridized carbons (Fsp3) is 0.676. The summed E-state index contributed by atoms with van der Waals surface area (Å²) in [5.41, 5.74) is 2.10. The standard InChI is InChI=1S/C34H50N2O2/c1-3-5-6-7-8-9-11-26-12-14-28(15-13-26)29-16-18-31(19-17-29)34(37)38-32-22-20-30(21-23-32)33-35-24-27(10-4-2)25-36-33/h20-26,28-29,31H,3-19H2,1-2H3/t26-,28-,29-,31-. The van der Waals surface area contributed by atoms with E-state index in [9.17, 15) is 4.79 Å². The smallest absolute Gasteiger partial charge is 0.314 e. The third-order valence-electron chi connectivity index (χ3n) is 9.20. The van der Waals surface area contributed by atoms with Crippen molar-refractivity contribution in [1.82, 2.24) is 9.97 Å². The Bertz CT molecular complexity index is 939. The van der Waals surface area contributed by atoms with Gasteiger partial charge < -0.3 is 4.74 Å². The normalized spacial score (nSPS) is 23.7. The van der Waals surface area contributed by atoms with E-state index in [4.69, 9.17) is 4.74 Å². The van der Waals surface area contributed by atoms with E-state index in [1.807, 2.05) is 36.7 Å². The van der Waals surface area contributed by atoms with Crippen LogP contribution in [-0.4, -0.2) is 15.9 Å².